The summed E-state index contributed by atoms with van der Waals surface area (Å²) in [5, 5.41) is 19.5. The summed E-state index contributed by atoms with van der Waals surface area (Å²) >= 11 is 0. The first-order chi connectivity index (χ1) is 14.7. The van der Waals surface area contributed by atoms with Crippen molar-refractivity contribution in [2.75, 3.05) is 19.7 Å². The molecule has 0 aliphatic heterocycles. The number of hydrogen-bond donors (Lipinski definition) is 3. The Labute approximate surface area is 176 Å². The number of nitrogens with zero attached hydrogens (tertiary/aromatic N) is 1. The van der Waals surface area contributed by atoms with Crippen LogP contribution < -0.4 is 0 Å². The highest BCUT2D eigenvalue weighted by Crippen LogP contribution is 2.37. The van der Waals surface area contributed by atoms with E-state index in [1.807, 2.05) is 12.1 Å². The van der Waals surface area contributed by atoms with E-state index in [0.717, 1.165) is 44.3 Å². The van der Waals surface area contributed by atoms with Crippen molar-refractivity contribution in [3.05, 3.63) is 77.0 Å². The molecule has 0 radical (unpaired) electrons. The highest BCUT2D eigenvalue weighted by Gasteiger charge is 2.27. The number of carboxylic acid groups (broad SMARTS) is 1. The average Bonchev–Trinajstić information content (AvgIpc) is 3.36. The van der Waals surface area contributed by atoms with Gasteiger partial charge in [-0.1, -0.05) is 36.4 Å². The molecule has 1 aliphatic carbocycles. The quantitative estimate of drug-likeness (QED) is 0.468. The first kappa shape index (κ1) is 20.4. The summed E-state index contributed by atoms with van der Waals surface area (Å²) in [6.07, 6.45) is 8.72. The van der Waals surface area contributed by atoms with Gasteiger partial charge in [-0.05, 0) is 60.1 Å². The fourth-order valence-electron chi connectivity index (χ4n) is 4.57. The van der Waals surface area contributed by atoms with Crippen molar-refractivity contribution >= 4 is 22.9 Å². The number of H-pyrrole nitrogens is 1. The van der Waals surface area contributed by atoms with Crippen molar-refractivity contribution in [1.29, 1.82) is 0 Å². The van der Waals surface area contributed by atoms with Crippen LogP contribution in [0.4, 0.5) is 0 Å². The Morgan fingerprint density at radius 2 is 2.07 bits per heavy atom. The van der Waals surface area contributed by atoms with E-state index < -0.39 is 5.97 Å². The number of aliphatic carboxylic acids is 1. The lowest BCUT2D eigenvalue weighted by Crippen LogP contribution is -2.31. The molecule has 0 spiro atoms. The van der Waals surface area contributed by atoms with E-state index >= 15 is 0 Å². The molecule has 4 rings (SSSR count). The summed E-state index contributed by atoms with van der Waals surface area (Å²) in [6, 6.07) is 15.0. The number of aliphatic hydroxyl groups is 1. The molecule has 5 heteroatoms. The Hall–Kier alpha value is -2.89. The summed E-state index contributed by atoms with van der Waals surface area (Å²) in [5.74, 6) is -0.930. The zero-order valence-electron chi connectivity index (χ0n) is 17.1. The Morgan fingerprint density at radius 1 is 1.20 bits per heavy atom. The van der Waals surface area contributed by atoms with Gasteiger partial charge in [-0.15, -0.1) is 0 Å². The lowest BCUT2D eigenvalue weighted by Gasteiger charge is -2.29. The van der Waals surface area contributed by atoms with Gasteiger partial charge in [0, 0.05) is 48.9 Å². The number of aryl methyl sites for hydroxylation is 1. The topological polar surface area (TPSA) is 76.6 Å². The van der Waals surface area contributed by atoms with Crippen molar-refractivity contribution in [3.8, 4) is 0 Å². The van der Waals surface area contributed by atoms with E-state index in [1.165, 1.54) is 33.7 Å². The summed E-state index contributed by atoms with van der Waals surface area (Å²) in [4.78, 5) is 16.6. The minimum absolute atomic E-state index is 0.197. The molecule has 0 amide bonds. The second-order valence-corrected chi connectivity index (χ2v) is 7.91. The minimum Gasteiger partial charge on any atom is -0.478 e. The van der Waals surface area contributed by atoms with Gasteiger partial charge in [-0.2, -0.15) is 0 Å². The van der Waals surface area contributed by atoms with E-state index in [2.05, 4.69) is 46.4 Å². The van der Waals surface area contributed by atoms with E-state index in [4.69, 9.17) is 5.11 Å². The second-order valence-electron chi connectivity index (χ2n) is 7.91. The molecule has 0 saturated heterocycles. The Morgan fingerprint density at radius 3 is 2.90 bits per heavy atom. The Balaban J connectivity index is 1.51. The number of aromatic amines is 1. The van der Waals surface area contributed by atoms with Gasteiger partial charge in [0.2, 0.25) is 0 Å². The van der Waals surface area contributed by atoms with Crippen LogP contribution in [0.25, 0.3) is 17.0 Å². The van der Waals surface area contributed by atoms with Crippen LogP contribution in [0.1, 0.15) is 41.1 Å². The SMILES string of the molecule is O=C(O)C=Cc1ccc2c(c1)CCC2N(CCCO)CCc1c[nH]c2ccccc12. The third-order valence-corrected chi connectivity index (χ3v) is 6.02. The average molecular weight is 405 g/mol. The van der Waals surface area contributed by atoms with Crippen molar-refractivity contribution in [2.24, 2.45) is 0 Å². The number of aromatic nitrogens is 1. The van der Waals surface area contributed by atoms with Crippen molar-refractivity contribution in [3.63, 3.8) is 0 Å². The number of nitrogens with one attached hydrogen (secondary N) is 1. The fraction of sp³-hybridized carbons (Fsp3) is 0.320. The number of para-hydroxylation sites is 1. The Bertz CT molecular complexity index is 1050. The molecule has 156 valence electrons. The van der Waals surface area contributed by atoms with E-state index in [0.29, 0.717) is 6.04 Å². The maximum atomic E-state index is 10.8. The monoisotopic (exact) mass is 404 g/mol. The van der Waals surface area contributed by atoms with Gasteiger partial charge in [0.15, 0.2) is 0 Å². The van der Waals surface area contributed by atoms with Crippen molar-refractivity contribution in [1.82, 2.24) is 9.88 Å². The maximum Gasteiger partial charge on any atom is 0.328 e. The number of fused-ring (bicyclic) bond motifs is 2. The van der Waals surface area contributed by atoms with Gasteiger partial charge in [0.05, 0.1) is 0 Å². The van der Waals surface area contributed by atoms with Crippen molar-refractivity contribution < 1.29 is 15.0 Å². The van der Waals surface area contributed by atoms with Crippen LogP contribution in [-0.4, -0.2) is 45.8 Å². The van der Waals surface area contributed by atoms with Crippen LogP contribution in [0, 0.1) is 0 Å². The number of benzene rings is 2. The molecule has 1 heterocycles. The summed E-state index contributed by atoms with van der Waals surface area (Å²) in [6.45, 7) is 2.00. The fourth-order valence-corrected chi connectivity index (χ4v) is 4.57. The molecule has 1 aromatic heterocycles. The molecule has 3 aromatic rings. The molecule has 1 atom stereocenters. The second kappa shape index (κ2) is 9.28. The smallest absolute Gasteiger partial charge is 0.328 e. The molecule has 30 heavy (non-hydrogen) atoms. The van der Waals surface area contributed by atoms with Crippen LogP contribution in [0.2, 0.25) is 0 Å². The molecule has 0 saturated carbocycles. The number of carboxylic acids is 1. The summed E-state index contributed by atoms with van der Waals surface area (Å²) < 4.78 is 0. The Kier molecular flexibility index (Phi) is 6.31. The van der Waals surface area contributed by atoms with Gasteiger partial charge >= 0.3 is 5.97 Å². The largest absolute Gasteiger partial charge is 0.478 e. The predicted molar refractivity (Wildman–Crippen MR) is 119 cm³/mol. The van der Waals surface area contributed by atoms with E-state index in [1.54, 1.807) is 6.08 Å². The van der Waals surface area contributed by atoms with Gasteiger partial charge in [-0.3, -0.25) is 4.90 Å². The number of carbonyl (C=O) groups is 1. The zero-order valence-corrected chi connectivity index (χ0v) is 17.1. The first-order valence-electron chi connectivity index (χ1n) is 10.6. The standard InChI is InChI=1S/C25H28N2O3/c28-15-3-13-27(14-12-20-17-26-23-5-2-1-4-21(20)23)24-10-8-19-16-18(6-9-22(19)24)7-11-25(29)30/h1-2,4-7,9,11,16-17,24,26,28H,3,8,10,12-15H2,(H,29,30). The van der Waals surface area contributed by atoms with Crippen LogP contribution >= 0.6 is 0 Å². The highest BCUT2D eigenvalue weighted by molar-refractivity contribution is 5.85. The zero-order chi connectivity index (χ0) is 20.9. The van der Waals surface area contributed by atoms with Crippen molar-refractivity contribution in [2.45, 2.75) is 31.7 Å². The third-order valence-electron chi connectivity index (χ3n) is 6.02. The normalized spacial score (nSPS) is 16.0. The predicted octanol–water partition coefficient (Wildman–Crippen LogP) is 4.18. The van der Waals surface area contributed by atoms with E-state index in [-0.39, 0.29) is 6.61 Å². The molecular formula is C25H28N2O3. The van der Waals surface area contributed by atoms with Gasteiger partial charge in [-0.25, -0.2) is 4.79 Å². The van der Waals surface area contributed by atoms with Gasteiger partial charge < -0.3 is 15.2 Å². The molecule has 1 unspecified atom stereocenters. The maximum absolute atomic E-state index is 10.8. The molecule has 5 nitrogen and oxygen atoms in total. The van der Waals surface area contributed by atoms with Gasteiger partial charge in [0.25, 0.3) is 0 Å². The summed E-state index contributed by atoms with van der Waals surface area (Å²) in [7, 11) is 0. The number of rotatable bonds is 9. The lowest BCUT2D eigenvalue weighted by atomic mass is 10.0. The number of aliphatic hydroxyl groups excluding tert-OH is 1. The van der Waals surface area contributed by atoms with Crippen LogP contribution in [-0.2, 0) is 17.6 Å². The first-order valence-corrected chi connectivity index (χ1v) is 10.6. The molecule has 1 aliphatic rings. The van der Waals surface area contributed by atoms with E-state index in [9.17, 15) is 9.90 Å². The number of hydrogen-bond acceptors (Lipinski definition) is 3. The lowest BCUT2D eigenvalue weighted by molar-refractivity contribution is -0.131. The molecule has 3 N–H and O–H groups in total. The van der Waals surface area contributed by atoms with Crippen LogP contribution in [0.5, 0.6) is 0 Å². The molecular weight excluding hydrogens is 376 g/mol. The third kappa shape index (κ3) is 4.48. The minimum atomic E-state index is -0.930. The van der Waals surface area contributed by atoms with Gasteiger partial charge in [0.1, 0.15) is 0 Å². The molecule has 0 fully saturated rings. The highest BCUT2D eigenvalue weighted by atomic mass is 16.4. The summed E-state index contributed by atoms with van der Waals surface area (Å²) in [5.41, 5.74) is 6.06. The van der Waals surface area contributed by atoms with Crippen LogP contribution in [0.15, 0.2) is 54.7 Å². The molecule has 2 aromatic carbocycles. The van der Waals surface area contributed by atoms with Crippen LogP contribution in [0.3, 0.4) is 0 Å². The molecule has 0 bridgehead atoms.